The molecule has 140 valence electrons. The normalized spacial score (nSPS) is 15.5. The summed E-state index contributed by atoms with van der Waals surface area (Å²) < 4.78 is 7.02. The van der Waals surface area contributed by atoms with Gasteiger partial charge in [0.25, 0.3) is 0 Å². The highest BCUT2D eigenvalue weighted by Gasteiger charge is 2.45. The fraction of sp³-hybridized carbons (Fsp3) is 0.500. The molecule has 1 aromatic heterocycles. The zero-order chi connectivity index (χ0) is 18.6. The van der Waals surface area contributed by atoms with Gasteiger partial charge in [0.05, 0.1) is 18.6 Å². The number of ether oxygens (including phenoxy) is 1. The molecule has 1 amide bonds. The van der Waals surface area contributed by atoms with Crippen molar-refractivity contribution >= 4 is 17.5 Å². The highest BCUT2D eigenvalue weighted by Crippen LogP contribution is 2.31. The number of aromatic nitrogens is 3. The predicted molar refractivity (Wildman–Crippen MR) is 98.8 cm³/mol. The molecule has 1 fully saturated rings. The lowest BCUT2D eigenvalue weighted by Crippen LogP contribution is -2.62. The number of nitrogens with zero attached hydrogens (tertiary/aromatic N) is 4. The van der Waals surface area contributed by atoms with Crippen molar-refractivity contribution < 1.29 is 9.53 Å². The molecule has 1 saturated heterocycles. The monoisotopic (exact) mass is 377 g/mol. The number of nitrogens with one attached hydrogen (secondary N) is 1. The van der Waals surface area contributed by atoms with Crippen LogP contribution in [0.2, 0.25) is 5.02 Å². The van der Waals surface area contributed by atoms with Gasteiger partial charge in [-0.3, -0.25) is 4.79 Å². The van der Waals surface area contributed by atoms with Crippen LogP contribution in [-0.4, -0.2) is 59.4 Å². The second-order valence-electron chi connectivity index (χ2n) is 6.78. The molecule has 3 rings (SSSR count). The zero-order valence-corrected chi connectivity index (χ0v) is 15.9. The molecule has 26 heavy (non-hydrogen) atoms. The zero-order valence-electron chi connectivity index (χ0n) is 15.1. The van der Waals surface area contributed by atoms with E-state index in [0.29, 0.717) is 44.2 Å². The van der Waals surface area contributed by atoms with Gasteiger partial charge in [0.1, 0.15) is 6.33 Å². The molecular formula is C18H24ClN5O2. The number of methoxy groups -OCH3 is 1. The fourth-order valence-corrected chi connectivity index (χ4v) is 3.36. The van der Waals surface area contributed by atoms with Crippen LogP contribution in [0.1, 0.15) is 11.4 Å². The third-order valence-electron chi connectivity index (χ3n) is 4.79. The molecule has 0 unspecified atom stereocenters. The average Bonchev–Trinajstić information content (AvgIpc) is 3.04. The van der Waals surface area contributed by atoms with Gasteiger partial charge in [-0.1, -0.05) is 23.7 Å². The Balaban J connectivity index is 1.68. The van der Waals surface area contributed by atoms with E-state index >= 15 is 0 Å². The number of rotatable bonds is 8. The molecule has 1 aliphatic heterocycles. The Morgan fingerprint density at radius 1 is 1.38 bits per heavy atom. The summed E-state index contributed by atoms with van der Waals surface area (Å²) in [6, 6.07) is 7.69. The summed E-state index contributed by atoms with van der Waals surface area (Å²) in [5.74, 6) is 0.874. The van der Waals surface area contributed by atoms with E-state index in [9.17, 15) is 4.79 Å². The van der Waals surface area contributed by atoms with E-state index in [4.69, 9.17) is 16.3 Å². The Labute approximate surface area is 158 Å². The number of hydrogen-bond acceptors (Lipinski definition) is 5. The number of amides is 1. The highest BCUT2D eigenvalue weighted by atomic mass is 35.5. The van der Waals surface area contributed by atoms with Crippen LogP contribution in [0.3, 0.4) is 0 Å². The second-order valence-corrected chi connectivity index (χ2v) is 7.22. The van der Waals surface area contributed by atoms with Gasteiger partial charge in [-0.15, -0.1) is 10.2 Å². The first kappa shape index (κ1) is 18.8. The number of halogens is 1. The molecule has 0 radical (unpaired) electrons. The van der Waals surface area contributed by atoms with Gasteiger partial charge >= 0.3 is 0 Å². The van der Waals surface area contributed by atoms with E-state index in [1.54, 1.807) is 18.3 Å². The maximum atomic E-state index is 13.1. The maximum Gasteiger partial charge on any atom is 0.231 e. The van der Waals surface area contributed by atoms with Crippen molar-refractivity contribution in [2.75, 3.05) is 33.9 Å². The van der Waals surface area contributed by atoms with Gasteiger partial charge in [-0.25, -0.2) is 0 Å². The number of carbonyl (C=O) groups excluding carboxylic acids is 1. The van der Waals surface area contributed by atoms with E-state index in [0.717, 1.165) is 11.4 Å². The Morgan fingerprint density at radius 3 is 2.73 bits per heavy atom. The Bertz CT molecular complexity index is 742. The quantitative estimate of drug-likeness (QED) is 0.752. The molecule has 1 aliphatic rings. The molecule has 1 aromatic carbocycles. The lowest BCUT2D eigenvalue weighted by molar-refractivity contribution is -0.144. The summed E-state index contributed by atoms with van der Waals surface area (Å²) in [6.07, 6.45) is 2.36. The van der Waals surface area contributed by atoms with Crippen LogP contribution in [-0.2, 0) is 29.0 Å². The first-order valence-corrected chi connectivity index (χ1v) is 8.98. The van der Waals surface area contributed by atoms with Gasteiger partial charge in [0, 0.05) is 38.8 Å². The first-order valence-electron chi connectivity index (χ1n) is 8.60. The number of hydrogen-bond donors (Lipinski definition) is 1. The average molecular weight is 378 g/mol. The first-order chi connectivity index (χ1) is 12.5. The minimum Gasteiger partial charge on any atom is -0.383 e. The predicted octanol–water partition coefficient (Wildman–Crippen LogP) is 1.37. The van der Waals surface area contributed by atoms with E-state index in [1.165, 1.54) is 0 Å². The van der Waals surface area contributed by atoms with Crippen molar-refractivity contribution in [1.82, 2.24) is 25.0 Å². The Kier molecular flexibility index (Phi) is 5.90. The fourth-order valence-electron chi connectivity index (χ4n) is 3.24. The minimum absolute atomic E-state index is 0.118. The van der Waals surface area contributed by atoms with Gasteiger partial charge < -0.3 is 19.5 Å². The maximum absolute atomic E-state index is 13.1. The van der Waals surface area contributed by atoms with Crippen LogP contribution in [0.15, 0.2) is 30.6 Å². The summed E-state index contributed by atoms with van der Waals surface area (Å²) >= 11 is 5.96. The molecule has 8 heteroatoms. The molecule has 2 heterocycles. The van der Waals surface area contributed by atoms with Gasteiger partial charge in [0.15, 0.2) is 5.82 Å². The van der Waals surface area contributed by atoms with Crippen molar-refractivity contribution in [3.63, 3.8) is 0 Å². The summed E-state index contributed by atoms with van der Waals surface area (Å²) in [7, 11) is 3.48. The van der Waals surface area contributed by atoms with Crippen LogP contribution in [0.25, 0.3) is 0 Å². The van der Waals surface area contributed by atoms with Crippen molar-refractivity contribution in [2.45, 2.75) is 19.5 Å². The highest BCUT2D eigenvalue weighted by molar-refractivity contribution is 6.30. The van der Waals surface area contributed by atoms with Crippen LogP contribution >= 0.6 is 11.6 Å². The van der Waals surface area contributed by atoms with Crippen molar-refractivity contribution in [1.29, 1.82) is 0 Å². The van der Waals surface area contributed by atoms with Gasteiger partial charge in [0.2, 0.25) is 5.91 Å². The molecule has 0 saturated carbocycles. The minimum atomic E-state index is -0.417. The molecule has 1 N–H and O–H groups in total. The summed E-state index contributed by atoms with van der Waals surface area (Å²) in [5, 5.41) is 12.0. The topological polar surface area (TPSA) is 72.3 Å². The third kappa shape index (κ3) is 4.06. The molecule has 0 bridgehead atoms. The Morgan fingerprint density at radius 2 is 2.12 bits per heavy atom. The smallest absolute Gasteiger partial charge is 0.231 e. The standard InChI is InChI=1S/C18H24ClN5O2/c1-23(10-16-22-21-13-24(16)7-8-26-2)17(25)18(11-20-12-18)9-14-3-5-15(19)6-4-14/h3-6,13,20H,7-12H2,1-2H3. The van der Waals surface area contributed by atoms with Gasteiger partial charge in [-0.05, 0) is 24.1 Å². The summed E-state index contributed by atoms with van der Waals surface area (Å²) in [4.78, 5) is 14.9. The Hall–Kier alpha value is -1.96. The van der Waals surface area contributed by atoms with E-state index in [1.807, 2.05) is 35.9 Å². The molecule has 0 spiro atoms. The molecule has 2 aromatic rings. The van der Waals surface area contributed by atoms with Crippen LogP contribution < -0.4 is 5.32 Å². The molecular weight excluding hydrogens is 354 g/mol. The van der Waals surface area contributed by atoms with Crippen molar-refractivity contribution in [3.8, 4) is 0 Å². The lowest BCUT2D eigenvalue weighted by atomic mass is 9.75. The molecule has 7 nitrogen and oxygen atoms in total. The number of carbonyl (C=O) groups is 1. The van der Waals surface area contributed by atoms with Gasteiger partial charge in [-0.2, -0.15) is 0 Å². The SMILES string of the molecule is COCCn1cnnc1CN(C)C(=O)C1(Cc2ccc(Cl)cc2)CNC1. The van der Waals surface area contributed by atoms with Crippen molar-refractivity contribution in [3.05, 3.63) is 47.0 Å². The molecule has 0 aliphatic carbocycles. The number of benzene rings is 1. The van der Waals surface area contributed by atoms with Crippen molar-refractivity contribution in [2.24, 2.45) is 5.41 Å². The van der Waals surface area contributed by atoms with E-state index in [2.05, 4.69) is 15.5 Å². The molecule has 0 atom stereocenters. The summed E-state index contributed by atoms with van der Waals surface area (Å²) in [5.41, 5.74) is 0.695. The van der Waals surface area contributed by atoms with Crippen LogP contribution in [0.4, 0.5) is 0 Å². The van der Waals surface area contributed by atoms with E-state index in [-0.39, 0.29) is 5.91 Å². The van der Waals surface area contributed by atoms with Crippen LogP contribution in [0.5, 0.6) is 0 Å². The van der Waals surface area contributed by atoms with Crippen LogP contribution in [0, 0.1) is 5.41 Å². The second kappa shape index (κ2) is 8.16. The van der Waals surface area contributed by atoms with E-state index < -0.39 is 5.41 Å². The third-order valence-corrected chi connectivity index (χ3v) is 5.05. The summed E-state index contributed by atoms with van der Waals surface area (Å²) in [6.45, 7) is 3.01. The lowest BCUT2D eigenvalue weighted by Gasteiger charge is -2.43. The largest absolute Gasteiger partial charge is 0.383 e.